The molecule has 1 aromatic carbocycles. The number of rotatable bonds is 11. The number of hydrogen-bond donors (Lipinski definition) is 5. The standard InChI is InChI=1S/C23H35N3O5/c1-3-15(2)21(26-22(30)17-10-12-24-13-11-17)23(31)25-19(20(29)14-27)9-6-16-4-7-18(28)8-5-16/h4-5,7-8,15,17,19,21,24,27-28H,3,6,9-14H2,1-2H3,(H,25,31)(H,26,30)/t15-,19?,21-/m0/s1. The highest BCUT2D eigenvalue weighted by Crippen LogP contribution is 2.16. The summed E-state index contributed by atoms with van der Waals surface area (Å²) in [7, 11) is 0. The number of nitrogens with one attached hydrogen (secondary N) is 3. The topological polar surface area (TPSA) is 128 Å². The van der Waals surface area contributed by atoms with Crippen molar-refractivity contribution < 1.29 is 24.6 Å². The minimum Gasteiger partial charge on any atom is -0.508 e. The van der Waals surface area contributed by atoms with Gasteiger partial charge in [-0.2, -0.15) is 0 Å². The summed E-state index contributed by atoms with van der Waals surface area (Å²) in [6, 6.07) is 5.03. The van der Waals surface area contributed by atoms with Crippen LogP contribution in [0.1, 0.15) is 45.1 Å². The molecule has 8 heteroatoms. The van der Waals surface area contributed by atoms with Crippen molar-refractivity contribution in [3.05, 3.63) is 29.8 Å². The lowest BCUT2D eigenvalue weighted by Crippen LogP contribution is -2.55. The number of phenols is 1. The SMILES string of the molecule is CC[C@H](C)[C@H](NC(=O)C1CCNCC1)C(=O)NC(CCc1ccc(O)cc1)C(=O)CO. The molecule has 0 bridgehead atoms. The van der Waals surface area contributed by atoms with Gasteiger partial charge in [-0.15, -0.1) is 0 Å². The molecule has 5 N–H and O–H groups in total. The van der Waals surface area contributed by atoms with Gasteiger partial charge in [-0.3, -0.25) is 14.4 Å². The van der Waals surface area contributed by atoms with Crippen molar-refractivity contribution in [3.8, 4) is 5.75 Å². The molecule has 0 saturated carbocycles. The molecule has 1 aromatic rings. The number of carbonyl (C=O) groups excluding carboxylic acids is 3. The summed E-state index contributed by atoms with van der Waals surface area (Å²) in [5.41, 5.74) is 0.903. The highest BCUT2D eigenvalue weighted by atomic mass is 16.3. The number of ketones is 1. The third kappa shape index (κ3) is 7.63. The van der Waals surface area contributed by atoms with Gasteiger partial charge in [-0.05, 0) is 62.4 Å². The number of aliphatic hydroxyl groups is 1. The summed E-state index contributed by atoms with van der Waals surface area (Å²) < 4.78 is 0. The summed E-state index contributed by atoms with van der Waals surface area (Å²) in [5, 5.41) is 27.6. The van der Waals surface area contributed by atoms with Gasteiger partial charge < -0.3 is 26.2 Å². The highest BCUT2D eigenvalue weighted by molar-refractivity contribution is 5.93. The Morgan fingerprint density at radius 2 is 1.77 bits per heavy atom. The first kappa shape index (κ1) is 24.8. The molecular formula is C23H35N3O5. The van der Waals surface area contributed by atoms with E-state index >= 15 is 0 Å². The Balaban J connectivity index is 2.04. The molecule has 0 aliphatic carbocycles. The smallest absolute Gasteiger partial charge is 0.243 e. The van der Waals surface area contributed by atoms with E-state index in [1.807, 2.05) is 13.8 Å². The molecule has 0 spiro atoms. The Morgan fingerprint density at radius 3 is 2.35 bits per heavy atom. The Labute approximate surface area is 183 Å². The van der Waals surface area contributed by atoms with E-state index in [2.05, 4.69) is 16.0 Å². The number of amides is 2. The molecule has 31 heavy (non-hydrogen) atoms. The largest absolute Gasteiger partial charge is 0.508 e. The summed E-state index contributed by atoms with van der Waals surface area (Å²) in [5.74, 6) is -1.08. The average Bonchev–Trinajstić information content (AvgIpc) is 2.80. The number of aromatic hydroxyl groups is 1. The van der Waals surface area contributed by atoms with Crippen LogP contribution in [0, 0.1) is 11.8 Å². The van der Waals surface area contributed by atoms with Crippen LogP contribution in [0.25, 0.3) is 0 Å². The number of aryl methyl sites for hydroxylation is 1. The van der Waals surface area contributed by atoms with E-state index in [0.717, 1.165) is 31.5 Å². The maximum absolute atomic E-state index is 13.0. The molecular weight excluding hydrogens is 398 g/mol. The van der Waals surface area contributed by atoms with Crippen molar-refractivity contribution >= 4 is 17.6 Å². The highest BCUT2D eigenvalue weighted by Gasteiger charge is 2.31. The van der Waals surface area contributed by atoms with E-state index in [1.165, 1.54) is 0 Å². The third-order valence-electron chi connectivity index (χ3n) is 6.02. The van der Waals surface area contributed by atoms with E-state index < -0.39 is 30.4 Å². The van der Waals surface area contributed by atoms with E-state index in [1.54, 1.807) is 24.3 Å². The predicted octanol–water partition coefficient (Wildman–Crippen LogP) is 0.902. The molecule has 8 nitrogen and oxygen atoms in total. The Hall–Kier alpha value is -2.45. The summed E-state index contributed by atoms with van der Waals surface area (Å²) in [6.07, 6.45) is 2.96. The van der Waals surface area contributed by atoms with Crippen LogP contribution in [0.3, 0.4) is 0 Å². The van der Waals surface area contributed by atoms with Crippen molar-refractivity contribution in [2.45, 2.75) is 58.0 Å². The second kappa shape index (κ2) is 12.4. The predicted molar refractivity (Wildman–Crippen MR) is 117 cm³/mol. The molecule has 2 rings (SSSR count). The van der Waals surface area contributed by atoms with Gasteiger partial charge in [0.05, 0.1) is 6.04 Å². The fraction of sp³-hybridized carbons (Fsp3) is 0.609. The van der Waals surface area contributed by atoms with E-state index in [4.69, 9.17) is 0 Å². The molecule has 3 atom stereocenters. The maximum Gasteiger partial charge on any atom is 0.243 e. The first-order valence-electron chi connectivity index (χ1n) is 11.1. The summed E-state index contributed by atoms with van der Waals surface area (Å²) in [6.45, 7) is 4.73. The molecule has 1 aliphatic heterocycles. The number of piperidine rings is 1. The Kier molecular flexibility index (Phi) is 9.94. The van der Waals surface area contributed by atoms with Gasteiger partial charge in [0.25, 0.3) is 0 Å². The van der Waals surface area contributed by atoms with Gasteiger partial charge >= 0.3 is 0 Å². The normalized spacial score (nSPS) is 17.4. The van der Waals surface area contributed by atoms with Gasteiger partial charge in [0, 0.05) is 5.92 Å². The van der Waals surface area contributed by atoms with Crippen LogP contribution in [0.2, 0.25) is 0 Å². The number of hydrogen-bond acceptors (Lipinski definition) is 6. The molecule has 1 unspecified atom stereocenters. The lowest BCUT2D eigenvalue weighted by atomic mass is 9.93. The first-order chi connectivity index (χ1) is 14.8. The second-order valence-corrected chi connectivity index (χ2v) is 8.29. The van der Waals surface area contributed by atoms with Crippen LogP contribution in [0.5, 0.6) is 5.75 Å². The lowest BCUT2D eigenvalue weighted by Gasteiger charge is -2.29. The minimum absolute atomic E-state index is 0.104. The number of carbonyl (C=O) groups is 3. The monoisotopic (exact) mass is 433 g/mol. The van der Waals surface area contributed by atoms with Gasteiger partial charge in [0.15, 0.2) is 5.78 Å². The molecule has 0 radical (unpaired) electrons. The zero-order valence-electron chi connectivity index (χ0n) is 18.4. The minimum atomic E-state index is -0.853. The van der Waals surface area contributed by atoms with Gasteiger partial charge in [0.1, 0.15) is 18.4 Å². The average molecular weight is 434 g/mol. The second-order valence-electron chi connectivity index (χ2n) is 8.29. The third-order valence-corrected chi connectivity index (χ3v) is 6.02. The quantitative estimate of drug-likeness (QED) is 0.353. The summed E-state index contributed by atoms with van der Waals surface area (Å²) >= 11 is 0. The number of phenolic OH excluding ortho intramolecular Hbond substituents is 1. The Morgan fingerprint density at radius 1 is 1.13 bits per heavy atom. The Bertz CT molecular complexity index is 731. The molecule has 1 saturated heterocycles. The summed E-state index contributed by atoms with van der Waals surface area (Å²) in [4.78, 5) is 38.0. The van der Waals surface area contributed by atoms with Crippen molar-refractivity contribution in [2.75, 3.05) is 19.7 Å². The zero-order valence-corrected chi connectivity index (χ0v) is 18.4. The number of Topliss-reactive ketones (excluding diaryl/α,β-unsaturated/α-hetero) is 1. The molecule has 2 amide bonds. The van der Waals surface area contributed by atoms with Crippen LogP contribution < -0.4 is 16.0 Å². The van der Waals surface area contributed by atoms with Crippen LogP contribution in [-0.2, 0) is 20.8 Å². The molecule has 1 fully saturated rings. The molecule has 1 heterocycles. The van der Waals surface area contributed by atoms with Crippen LogP contribution in [0.4, 0.5) is 0 Å². The van der Waals surface area contributed by atoms with Crippen LogP contribution in [0.15, 0.2) is 24.3 Å². The molecule has 1 aliphatic rings. The fourth-order valence-corrected chi connectivity index (χ4v) is 3.72. The van der Waals surface area contributed by atoms with Crippen LogP contribution >= 0.6 is 0 Å². The van der Waals surface area contributed by atoms with E-state index in [-0.39, 0.29) is 23.5 Å². The van der Waals surface area contributed by atoms with Gasteiger partial charge in [-0.1, -0.05) is 32.4 Å². The molecule has 172 valence electrons. The van der Waals surface area contributed by atoms with Crippen molar-refractivity contribution in [3.63, 3.8) is 0 Å². The first-order valence-corrected chi connectivity index (χ1v) is 11.1. The van der Waals surface area contributed by atoms with Crippen molar-refractivity contribution in [2.24, 2.45) is 11.8 Å². The van der Waals surface area contributed by atoms with E-state index in [9.17, 15) is 24.6 Å². The van der Waals surface area contributed by atoms with Crippen molar-refractivity contribution in [1.29, 1.82) is 0 Å². The van der Waals surface area contributed by atoms with Gasteiger partial charge in [-0.25, -0.2) is 0 Å². The van der Waals surface area contributed by atoms with E-state index in [0.29, 0.717) is 19.3 Å². The van der Waals surface area contributed by atoms with Crippen molar-refractivity contribution in [1.82, 2.24) is 16.0 Å². The fourth-order valence-electron chi connectivity index (χ4n) is 3.72. The zero-order chi connectivity index (χ0) is 22.8. The van der Waals surface area contributed by atoms with Gasteiger partial charge in [0.2, 0.25) is 11.8 Å². The number of aliphatic hydroxyl groups excluding tert-OH is 1. The number of benzene rings is 1. The van der Waals surface area contributed by atoms with Crippen LogP contribution in [-0.4, -0.2) is 59.6 Å². The molecule has 0 aromatic heterocycles. The maximum atomic E-state index is 13.0. The lowest BCUT2D eigenvalue weighted by molar-refractivity contribution is -0.134.